The predicted molar refractivity (Wildman–Crippen MR) is 105 cm³/mol. The van der Waals surface area contributed by atoms with E-state index in [1.165, 1.54) is 0 Å². The van der Waals surface area contributed by atoms with Crippen molar-refractivity contribution in [1.82, 2.24) is 14.7 Å². The molecular formula is C22H20N4O2. The van der Waals surface area contributed by atoms with Crippen molar-refractivity contribution in [3.8, 4) is 5.88 Å². The second-order valence-electron chi connectivity index (χ2n) is 7.02. The van der Waals surface area contributed by atoms with Gasteiger partial charge < -0.3 is 9.64 Å². The largest absolute Gasteiger partial charge is 0.472 e. The molecule has 0 fully saturated rings. The van der Waals surface area contributed by atoms with Gasteiger partial charge in [0.05, 0.1) is 25.3 Å². The van der Waals surface area contributed by atoms with Crippen molar-refractivity contribution in [2.24, 2.45) is 4.99 Å². The van der Waals surface area contributed by atoms with E-state index in [1.54, 1.807) is 0 Å². The van der Waals surface area contributed by atoms with Crippen LogP contribution in [-0.2, 0) is 31.0 Å². The van der Waals surface area contributed by atoms with Crippen LogP contribution in [-0.4, -0.2) is 32.8 Å². The molecule has 0 spiro atoms. The van der Waals surface area contributed by atoms with Crippen molar-refractivity contribution in [3.05, 3.63) is 83.0 Å². The number of aromatic nitrogens is 2. The standard InChI is InChI=1S/C22H20N4O2/c27-22(21-19-9-5-4-8-17(19)13-23-21)25-10-11-26-18(14-25)12-20(24-26)28-15-16-6-2-1-3-7-16/h1-9,12H,10-11,13-15H2. The molecule has 1 amide bonds. The molecule has 0 bridgehead atoms. The summed E-state index contributed by atoms with van der Waals surface area (Å²) in [7, 11) is 0. The lowest BCUT2D eigenvalue weighted by Crippen LogP contribution is -2.41. The molecule has 3 aromatic rings. The van der Waals surface area contributed by atoms with Crippen LogP contribution in [0.3, 0.4) is 0 Å². The highest BCUT2D eigenvalue weighted by atomic mass is 16.5. The average molecular weight is 372 g/mol. The molecule has 140 valence electrons. The fourth-order valence-electron chi connectivity index (χ4n) is 3.69. The maximum atomic E-state index is 13.0. The molecule has 2 aliphatic heterocycles. The third kappa shape index (κ3) is 3.07. The van der Waals surface area contributed by atoms with E-state index in [0.29, 0.717) is 44.4 Å². The Morgan fingerprint density at radius 3 is 2.75 bits per heavy atom. The first kappa shape index (κ1) is 16.7. The highest BCUT2D eigenvalue weighted by Crippen LogP contribution is 2.23. The van der Waals surface area contributed by atoms with Crippen LogP contribution in [0.25, 0.3) is 0 Å². The van der Waals surface area contributed by atoms with Crippen LogP contribution in [0.4, 0.5) is 0 Å². The monoisotopic (exact) mass is 372 g/mol. The van der Waals surface area contributed by atoms with E-state index < -0.39 is 0 Å². The number of hydrogen-bond donors (Lipinski definition) is 0. The highest BCUT2D eigenvalue weighted by molar-refractivity contribution is 6.46. The minimum absolute atomic E-state index is 0.0100. The number of ether oxygens (including phenoxy) is 1. The van der Waals surface area contributed by atoms with Gasteiger partial charge in [-0.25, -0.2) is 0 Å². The minimum atomic E-state index is -0.0100. The van der Waals surface area contributed by atoms with E-state index >= 15 is 0 Å². The van der Waals surface area contributed by atoms with Crippen LogP contribution in [0, 0.1) is 0 Å². The third-order valence-corrected chi connectivity index (χ3v) is 5.17. The molecule has 28 heavy (non-hydrogen) atoms. The summed E-state index contributed by atoms with van der Waals surface area (Å²) in [6, 6.07) is 19.9. The van der Waals surface area contributed by atoms with E-state index in [4.69, 9.17) is 4.74 Å². The second-order valence-corrected chi connectivity index (χ2v) is 7.02. The SMILES string of the molecule is O=C(C1=NCc2ccccc21)N1CCn2nc(OCc3ccccc3)cc2C1. The smallest absolute Gasteiger partial charge is 0.273 e. The maximum Gasteiger partial charge on any atom is 0.273 e. The molecule has 0 atom stereocenters. The summed E-state index contributed by atoms with van der Waals surface area (Å²) in [5.41, 5.74) is 4.73. The Hall–Kier alpha value is -3.41. The fraction of sp³-hybridized carbons (Fsp3) is 0.227. The van der Waals surface area contributed by atoms with Gasteiger partial charge in [-0.3, -0.25) is 14.5 Å². The second kappa shape index (κ2) is 6.96. The lowest BCUT2D eigenvalue weighted by Gasteiger charge is -2.27. The summed E-state index contributed by atoms with van der Waals surface area (Å²) in [4.78, 5) is 19.4. The minimum Gasteiger partial charge on any atom is -0.472 e. The molecule has 0 saturated heterocycles. The van der Waals surface area contributed by atoms with Crippen LogP contribution in [0.15, 0.2) is 65.7 Å². The fourth-order valence-corrected chi connectivity index (χ4v) is 3.69. The van der Waals surface area contributed by atoms with Crippen LogP contribution in [0.1, 0.15) is 22.4 Å². The van der Waals surface area contributed by atoms with Gasteiger partial charge in [0.1, 0.15) is 12.3 Å². The molecule has 3 heterocycles. The number of amides is 1. The zero-order valence-corrected chi connectivity index (χ0v) is 15.4. The number of carbonyl (C=O) groups is 1. The van der Waals surface area contributed by atoms with Crippen molar-refractivity contribution >= 4 is 11.6 Å². The predicted octanol–water partition coefficient (Wildman–Crippen LogP) is 2.81. The first-order valence-corrected chi connectivity index (χ1v) is 9.43. The molecule has 2 aromatic carbocycles. The number of aliphatic imine (C=N–C) groups is 1. The van der Waals surface area contributed by atoms with Gasteiger partial charge in [-0.05, 0) is 11.1 Å². The number of nitrogens with zero attached hydrogens (tertiary/aromatic N) is 4. The van der Waals surface area contributed by atoms with Gasteiger partial charge in [0, 0.05) is 18.2 Å². The average Bonchev–Trinajstić information content (AvgIpc) is 3.35. The molecule has 0 radical (unpaired) electrons. The lowest BCUT2D eigenvalue weighted by molar-refractivity contribution is -0.125. The lowest BCUT2D eigenvalue weighted by atomic mass is 10.0. The topological polar surface area (TPSA) is 59.7 Å². The summed E-state index contributed by atoms with van der Waals surface area (Å²) in [6.45, 7) is 2.85. The van der Waals surface area contributed by atoms with E-state index in [0.717, 1.165) is 22.4 Å². The summed E-state index contributed by atoms with van der Waals surface area (Å²) in [6.07, 6.45) is 0. The van der Waals surface area contributed by atoms with Crippen LogP contribution in [0.2, 0.25) is 0 Å². The van der Waals surface area contributed by atoms with E-state index in [9.17, 15) is 4.79 Å². The molecular weight excluding hydrogens is 352 g/mol. The first-order valence-electron chi connectivity index (χ1n) is 9.43. The van der Waals surface area contributed by atoms with Gasteiger partial charge in [-0.1, -0.05) is 54.6 Å². The van der Waals surface area contributed by atoms with Crippen LogP contribution >= 0.6 is 0 Å². The van der Waals surface area contributed by atoms with Gasteiger partial charge in [-0.2, -0.15) is 0 Å². The van der Waals surface area contributed by atoms with Crippen LogP contribution in [0.5, 0.6) is 5.88 Å². The summed E-state index contributed by atoms with van der Waals surface area (Å²) in [5, 5.41) is 4.52. The molecule has 1 aromatic heterocycles. The van der Waals surface area contributed by atoms with Gasteiger partial charge in [0.25, 0.3) is 5.91 Å². The van der Waals surface area contributed by atoms with E-state index in [-0.39, 0.29) is 5.91 Å². The van der Waals surface area contributed by atoms with Crippen molar-refractivity contribution in [3.63, 3.8) is 0 Å². The number of hydrogen-bond acceptors (Lipinski definition) is 4. The molecule has 0 saturated carbocycles. The van der Waals surface area contributed by atoms with Gasteiger partial charge >= 0.3 is 0 Å². The third-order valence-electron chi connectivity index (χ3n) is 5.17. The Balaban J connectivity index is 1.28. The maximum absolute atomic E-state index is 13.0. The van der Waals surface area contributed by atoms with Crippen LogP contribution < -0.4 is 4.74 Å². The van der Waals surface area contributed by atoms with E-state index in [2.05, 4.69) is 10.1 Å². The number of fused-ring (bicyclic) bond motifs is 2. The number of rotatable bonds is 4. The quantitative estimate of drug-likeness (QED) is 0.708. The zero-order valence-electron chi connectivity index (χ0n) is 15.4. The van der Waals surface area contributed by atoms with Crippen molar-refractivity contribution in [1.29, 1.82) is 0 Å². The van der Waals surface area contributed by atoms with Crippen molar-refractivity contribution in [2.45, 2.75) is 26.2 Å². The zero-order chi connectivity index (χ0) is 18.9. The molecule has 0 aliphatic carbocycles. The Bertz CT molecular complexity index is 1060. The molecule has 5 rings (SSSR count). The molecule has 2 aliphatic rings. The molecule has 6 nitrogen and oxygen atoms in total. The summed E-state index contributed by atoms with van der Waals surface area (Å²) >= 11 is 0. The first-order chi connectivity index (χ1) is 13.8. The highest BCUT2D eigenvalue weighted by Gasteiger charge is 2.29. The van der Waals surface area contributed by atoms with Gasteiger partial charge in [0.2, 0.25) is 5.88 Å². The summed E-state index contributed by atoms with van der Waals surface area (Å²) in [5.74, 6) is 0.584. The Morgan fingerprint density at radius 1 is 1.04 bits per heavy atom. The Labute approximate surface area is 163 Å². The summed E-state index contributed by atoms with van der Waals surface area (Å²) < 4.78 is 7.75. The number of carbonyl (C=O) groups excluding carboxylic acids is 1. The number of benzene rings is 2. The van der Waals surface area contributed by atoms with Gasteiger partial charge in [-0.15, -0.1) is 5.10 Å². The molecule has 0 N–H and O–H groups in total. The van der Waals surface area contributed by atoms with Crippen molar-refractivity contribution < 1.29 is 9.53 Å². The van der Waals surface area contributed by atoms with E-state index in [1.807, 2.05) is 70.2 Å². The Morgan fingerprint density at radius 2 is 1.86 bits per heavy atom. The molecule has 0 unspecified atom stereocenters. The van der Waals surface area contributed by atoms with Crippen molar-refractivity contribution in [2.75, 3.05) is 6.54 Å². The Kier molecular flexibility index (Phi) is 4.16. The molecule has 6 heteroatoms. The van der Waals surface area contributed by atoms with Gasteiger partial charge in [0.15, 0.2) is 0 Å². The normalized spacial score (nSPS) is 15.0.